The molecular formula is C13H29N3. The molecule has 0 unspecified atom stereocenters. The van der Waals surface area contributed by atoms with Crippen LogP contribution in [-0.4, -0.2) is 24.6 Å². The van der Waals surface area contributed by atoms with Gasteiger partial charge in [0.25, 0.3) is 0 Å². The first-order valence-corrected chi connectivity index (χ1v) is 7.17. The molecule has 0 atom stereocenters. The van der Waals surface area contributed by atoms with E-state index in [-0.39, 0.29) is 0 Å². The Morgan fingerprint density at radius 2 is 1.62 bits per heavy atom. The molecule has 1 saturated heterocycles. The van der Waals surface area contributed by atoms with Gasteiger partial charge in [-0.15, -0.1) is 0 Å². The minimum Gasteiger partial charge on any atom is -0.244 e. The zero-order chi connectivity index (χ0) is 11.5. The lowest BCUT2D eigenvalue weighted by Gasteiger charge is -2.27. The van der Waals surface area contributed by atoms with Crippen LogP contribution < -0.4 is 11.0 Å². The fraction of sp³-hybridized carbons (Fsp3) is 1.00. The Morgan fingerprint density at radius 3 is 2.25 bits per heavy atom. The number of unbranched alkanes of at least 4 members (excludes halogenated alkanes) is 7. The van der Waals surface area contributed by atoms with Crippen molar-refractivity contribution >= 4 is 0 Å². The molecule has 0 saturated carbocycles. The summed E-state index contributed by atoms with van der Waals surface area (Å²) < 4.78 is 0. The molecule has 96 valence electrons. The summed E-state index contributed by atoms with van der Waals surface area (Å²) in [5, 5.41) is 2.31. The molecule has 3 heteroatoms. The molecule has 0 aliphatic carbocycles. The van der Waals surface area contributed by atoms with Crippen LogP contribution in [0.4, 0.5) is 0 Å². The minimum absolute atomic E-state index is 1.11. The van der Waals surface area contributed by atoms with E-state index in [1.54, 1.807) is 0 Å². The van der Waals surface area contributed by atoms with Crippen molar-refractivity contribution in [3.63, 3.8) is 0 Å². The lowest BCUT2D eigenvalue weighted by molar-refractivity contribution is 0.114. The first-order valence-electron chi connectivity index (χ1n) is 7.17. The van der Waals surface area contributed by atoms with Crippen molar-refractivity contribution in [1.29, 1.82) is 0 Å². The molecule has 2 N–H and O–H groups in total. The molecule has 1 aliphatic heterocycles. The Balaban J connectivity index is 1.77. The topological polar surface area (TPSA) is 27.3 Å². The number of nitrogens with one attached hydrogen (secondary N) is 2. The maximum atomic E-state index is 3.22. The van der Waals surface area contributed by atoms with Gasteiger partial charge in [0.1, 0.15) is 0 Å². The summed E-state index contributed by atoms with van der Waals surface area (Å²) in [5.74, 6) is 0. The summed E-state index contributed by atoms with van der Waals surface area (Å²) in [6, 6.07) is 0. The van der Waals surface area contributed by atoms with Crippen LogP contribution in [0.25, 0.3) is 0 Å². The molecule has 0 aromatic carbocycles. The molecular weight excluding hydrogens is 198 g/mol. The third-order valence-corrected chi connectivity index (χ3v) is 3.25. The summed E-state index contributed by atoms with van der Waals surface area (Å²) in [6.07, 6.45) is 12.5. The SMILES string of the molecule is CCCCCCCCCCN1CCCNN1. The first kappa shape index (κ1) is 13.9. The monoisotopic (exact) mass is 227 g/mol. The standard InChI is InChI=1S/C13H29N3/c1-2-3-4-5-6-7-8-9-12-16-13-10-11-14-15-16/h14-15H,2-13H2,1H3. The highest BCUT2D eigenvalue weighted by Gasteiger charge is 2.07. The average Bonchev–Trinajstić information content (AvgIpc) is 2.34. The van der Waals surface area contributed by atoms with Crippen molar-refractivity contribution < 1.29 is 0 Å². The van der Waals surface area contributed by atoms with Crippen LogP contribution in [-0.2, 0) is 0 Å². The Hall–Kier alpha value is -0.120. The van der Waals surface area contributed by atoms with Gasteiger partial charge in [-0.05, 0) is 12.8 Å². The Labute approximate surface area is 101 Å². The van der Waals surface area contributed by atoms with Gasteiger partial charge >= 0.3 is 0 Å². The van der Waals surface area contributed by atoms with E-state index >= 15 is 0 Å². The van der Waals surface area contributed by atoms with Gasteiger partial charge < -0.3 is 0 Å². The number of hydrazine groups is 2. The predicted molar refractivity (Wildman–Crippen MR) is 69.9 cm³/mol. The van der Waals surface area contributed by atoms with E-state index in [0.29, 0.717) is 0 Å². The van der Waals surface area contributed by atoms with Gasteiger partial charge in [0.2, 0.25) is 0 Å². The quantitative estimate of drug-likeness (QED) is 0.593. The van der Waals surface area contributed by atoms with Gasteiger partial charge in [0.05, 0.1) is 0 Å². The van der Waals surface area contributed by atoms with E-state index in [1.807, 2.05) is 0 Å². The largest absolute Gasteiger partial charge is 0.244 e. The molecule has 1 fully saturated rings. The zero-order valence-electron chi connectivity index (χ0n) is 10.9. The van der Waals surface area contributed by atoms with Crippen LogP contribution in [0.15, 0.2) is 0 Å². The second-order valence-corrected chi connectivity index (χ2v) is 4.85. The highest BCUT2D eigenvalue weighted by molar-refractivity contribution is 4.58. The second kappa shape index (κ2) is 10.1. The zero-order valence-corrected chi connectivity index (χ0v) is 10.9. The van der Waals surface area contributed by atoms with E-state index in [0.717, 1.165) is 6.54 Å². The van der Waals surface area contributed by atoms with Crippen molar-refractivity contribution in [2.24, 2.45) is 0 Å². The molecule has 0 aromatic rings. The van der Waals surface area contributed by atoms with Gasteiger partial charge in [-0.1, -0.05) is 51.9 Å². The minimum atomic E-state index is 1.11. The highest BCUT2D eigenvalue weighted by Crippen LogP contribution is 2.08. The second-order valence-electron chi connectivity index (χ2n) is 4.85. The lowest BCUT2D eigenvalue weighted by Crippen LogP contribution is -2.52. The molecule has 0 radical (unpaired) electrons. The molecule has 16 heavy (non-hydrogen) atoms. The molecule has 0 aromatic heterocycles. The van der Waals surface area contributed by atoms with Crippen molar-refractivity contribution in [2.45, 2.75) is 64.7 Å². The van der Waals surface area contributed by atoms with Crippen LogP contribution in [0, 0.1) is 0 Å². The molecule has 1 heterocycles. The van der Waals surface area contributed by atoms with E-state index in [4.69, 9.17) is 0 Å². The molecule has 3 nitrogen and oxygen atoms in total. The van der Waals surface area contributed by atoms with Gasteiger partial charge in [0, 0.05) is 19.6 Å². The van der Waals surface area contributed by atoms with Gasteiger partial charge in [-0.3, -0.25) is 0 Å². The number of hydrogen-bond donors (Lipinski definition) is 2. The molecule has 0 spiro atoms. The summed E-state index contributed by atoms with van der Waals surface area (Å²) >= 11 is 0. The lowest BCUT2D eigenvalue weighted by atomic mass is 10.1. The highest BCUT2D eigenvalue weighted by atomic mass is 15.7. The summed E-state index contributed by atoms with van der Waals surface area (Å²) in [7, 11) is 0. The Bertz CT molecular complexity index is 144. The van der Waals surface area contributed by atoms with Crippen molar-refractivity contribution in [3.8, 4) is 0 Å². The molecule has 0 bridgehead atoms. The number of rotatable bonds is 9. The third kappa shape index (κ3) is 7.20. The predicted octanol–water partition coefficient (Wildman–Crippen LogP) is 2.84. The maximum Gasteiger partial charge on any atom is 0.0156 e. The van der Waals surface area contributed by atoms with Crippen LogP contribution in [0.3, 0.4) is 0 Å². The number of hydrogen-bond acceptors (Lipinski definition) is 3. The molecule has 1 aliphatic rings. The summed E-state index contributed by atoms with van der Waals surface area (Å²) in [5.41, 5.74) is 6.41. The fourth-order valence-electron chi connectivity index (χ4n) is 2.19. The normalized spacial score (nSPS) is 17.8. The van der Waals surface area contributed by atoms with Crippen molar-refractivity contribution in [3.05, 3.63) is 0 Å². The Kier molecular flexibility index (Phi) is 8.77. The third-order valence-electron chi connectivity index (χ3n) is 3.25. The summed E-state index contributed by atoms with van der Waals surface area (Å²) in [6.45, 7) is 5.78. The molecule has 1 rings (SSSR count). The van der Waals surface area contributed by atoms with E-state index in [9.17, 15) is 0 Å². The maximum absolute atomic E-state index is 3.22. The van der Waals surface area contributed by atoms with Crippen molar-refractivity contribution in [2.75, 3.05) is 19.6 Å². The van der Waals surface area contributed by atoms with Gasteiger partial charge in [-0.2, -0.15) is 5.53 Å². The van der Waals surface area contributed by atoms with E-state index < -0.39 is 0 Å². The van der Waals surface area contributed by atoms with Gasteiger partial charge in [-0.25, -0.2) is 10.4 Å². The Morgan fingerprint density at radius 1 is 0.938 bits per heavy atom. The average molecular weight is 227 g/mol. The molecule has 0 amide bonds. The van der Waals surface area contributed by atoms with E-state index in [1.165, 1.54) is 70.9 Å². The smallest absolute Gasteiger partial charge is 0.0156 e. The van der Waals surface area contributed by atoms with Crippen LogP contribution >= 0.6 is 0 Å². The van der Waals surface area contributed by atoms with E-state index in [2.05, 4.69) is 22.9 Å². The fourth-order valence-corrected chi connectivity index (χ4v) is 2.19. The first-order chi connectivity index (χ1) is 7.93. The van der Waals surface area contributed by atoms with Gasteiger partial charge in [0.15, 0.2) is 0 Å². The number of nitrogens with zero attached hydrogens (tertiary/aromatic N) is 1. The van der Waals surface area contributed by atoms with Crippen LogP contribution in [0.5, 0.6) is 0 Å². The summed E-state index contributed by atoms with van der Waals surface area (Å²) in [4.78, 5) is 0. The van der Waals surface area contributed by atoms with Crippen molar-refractivity contribution in [1.82, 2.24) is 16.0 Å². The van der Waals surface area contributed by atoms with Crippen LogP contribution in [0.2, 0.25) is 0 Å². The van der Waals surface area contributed by atoms with Crippen LogP contribution in [0.1, 0.15) is 64.7 Å².